The van der Waals surface area contributed by atoms with Crippen molar-refractivity contribution in [3.63, 3.8) is 0 Å². The van der Waals surface area contributed by atoms with Crippen LogP contribution in [0.4, 0.5) is 0 Å². The van der Waals surface area contributed by atoms with Crippen LogP contribution in [0.5, 0.6) is 0 Å². The van der Waals surface area contributed by atoms with E-state index in [-0.39, 0.29) is 0 Å². The summed E-state index contributed by atoms with van der Waals surface area (Å²) in [5, 5.41) is 4.70. The van der Waals surface area contributed by atoms with E-state index in [0.29, 0.717) is 12.1 Å². The third-order valence-electron chi connectivity index (χ3n) is 3.53. The summed E-state index contributed by atoms with van der Waals surface area (Å²) in [7, 11) is 2.01. The molecule has 0 aliphatic carbocycles. The molecule has 2 heteroatoms. The van der Waals surface area contributed by atoms with E-state index in [1.54, 1.807) is 0 Å². The number of rotatable bonds is 3. The monoisotopic (exact) mass is 230 g/mol. The second-order valence-corrected chi connectivity index (χ2v) is 5.04. The third kappa shape index (κ3) is 1.98. The minimum atomic E-state index is 0.390. The zero-order valence-electron chi connectivity index (χ0n) is 11.4. The highest BCUT2D eigenvalue weighted by molar-refractivity contribution is 5.85. The molecule has 0 bridgehead atoms. The minimum absolute atomic E-state index is 0.390. The molecule has 17 heavy (non-hydrogen) atoms. The maximum atomic E-state index is 3.32. The lowest BCUT2D eigenvalue weighted by atomic mass is 10.0. The van der Waals surface area contributed by atoms with Crippen molar-refractivity contribution in [2.24, 2.45) is 0 Å². The smallest absolute Gasteiger partial charge is 0.0488 e. The van der Waals surface area contributed by atoms with Gasteiger partial charge in [0.2, 0.25) is 0 Å². The second-order valence-electron chi connectivity index (χ2n) is 5.04. The van der Waals surface area contributed by atoms with Crippen LogP contribution in [0, 0.1) is 6.92 Å². The van der Waals surface area contributed by atoms with Crippen molar-refractivity contribution in [3.8, 4) is 0 Å². The van der Waals surface area contributed by atoms with Crippen molar-refractivity contribution in [1.29, 1.82) is 0 Å². The van der Waals surface area contributed by atoms with E-state index in [2.05, 4.69) is 61.8 Å². The third-order valence-corrected chi connectivity index (χ3v) is 3.53. The van der Waals surface area contributed by atoms with Crippen molar-refractivity contribution in [2.45, 2.75) is 39.8 Å². The highest BCUT2D eigenvalue weighted by atomic mass is 15.0. The molecular weight excluding hydrogens is 208 g/mol. The summed E-state index contributed by atoms with van der Waals surface area (Å²) in [5.41, 5.74) is 4.07. The van der Waals surface area contributed by atoms with Gasteiger partial charge in [0, 0.05) is 28.7 Å². The van der Waals surface area contributed by atoms with Gasteiger partial charge in [-0.1, -0.05) is 12.1 Å². The first-order chi connectivity index (χ1) is 8.06. The predicted octanol–water partition coefficient (Wildman–Crippen LogP) is 3.81. The molecule has 0 saturated heterocycles. The molecule has 2 rings (SSSR count). The summed E-state index contributed by atoms with van der Waals surface area (Å²) >= 11 is 0. The zero-order chi connectivity index (χ0) is 12.6. The first-order valence-electron chi connectivity index (χ1n) is 6.34. The summed E-state index contributed by atoms with van der Waals surface area (Å²) in [6, 6.07) is 9.79. The normalized spacial score (nSPS) is 13.5. The topological polar surface area (TPSA) is 17.0 Å². The molecular formula is C15H22N2. The minimum Gasteiger partial charge on any atom is -0.342 e. The molecule has 0 aliphatic rings. The van der Waals surface area contributed by atoms with Gasteiger partial charge in [-0.15, -0.1) is 0 Å². The first-order valence-corrected chi connectivity index (χ1v) is 6.34. The van der Waals surface area contributed by atoms with Gasteiger partial charge in [0.15, 0.2) is 0 Å². The number of benzene rings is 1. The van der Waals surface area contributed by atoms with Crippen LogP contribution in [0.3, 0.4) is 0 Å². The van der Waals surface area contributed by atoms with E-state index in [0.717, 1.165) is 0 Å². The fourth-order valence-corrected chi connectivity index (χ4v) is 2.62. The predicted molar refractivity (Wildman–Crippen MR) is 74.5 cm³/mol. The van der Waals surface area contributed by atoms with Gasteiger partial charge >= 0.3 is 0 Å². The molecule has 2 aromatic rings. The number of fused-ring (bicyclic) bond motifs is 1. The zero-order valence-corrected chi connectivity index (χ0v) is 11.4. The Bertz CT molecular complexity index is 523. The van der Waals surface area contributed by atoms with Crippen LogP contribution in [0.15, 0.2) is 24.3 Å². The molecule has 0 saturated carbocycles. The van der Waals surface area contributed by atoms with E-state index in [4.69, 9.17) is 0 Å². The molecule has 0 spiro atoms. The van der Waals surface area contributed by atoms with Gasteiger partial charge in [0.1, 0.15) is 0 Å². The molecule has 92 valence electrons. The van der Waals surface area contributed by atoms with Crippen LogP contribution < -0.4 is 5.32 Å². The Morgan fingerprint density at radius 1 is 1.18 bits per heavy atom. The van der Waals surface area contributed by atoms with E-state index >= 15 is 0 Å². The Morgan fingerprint density at radius 3 is 2.47 bits per heavy atom. The largest absolute Gasteiger partial charge is 0.342 e. The highest BCUT2D eigenvalue weighted by Gasteiger charge is 2.13. The molecule has 1 atom stereocenters. The van der Waals surface area contributed by atoms with Gasteiger partial charge < -0.3 is 9.88 Å². The van der Waals surface area contributed by atoms with Gasteiger partial charge in [-0.05, 0) is 52.4 Å². The van der Waals surface area contributed by atoms with E-state index in [1.165, 1.54) is 22.2 Å². The molecule has 1 heterocycles. The summed E-state index contributed by atoms with van der Waals surface area (Å²) in [4.78, 5) is 0. The number of aromatic nitrogens is 1. The van der Waals surface area contributed by atoms with Gasteiger partial charge in [0.05, 0.1) is 0 Å². The molecule has 1 aromatic carbocycles. The van der Waals surface area contributed by atoms with Crippen LogP contribution in [-0.2, 0) is 0 Å². The summed E-state index contributed by atoms with van der Waals surface area (Å²) in [5.74, 6) is 0. The summed E-state index contributed by atoms with van der Waals surface area (Å²) in [6.07, 6.45) is 0. The number of aryl methyl sites for hydroxylation is 1. The van der Waals surface area contributed by atoms with Crippen molar-refractivity contribution in [3.05, 3.63) is 35.5 Å². The van der Waals surface area contributed by atoms with Gasteiger partial charge in [-0.25, -0.2) is 0 Å². The number of nitrogens with zero attached hydrogens (tertiary/aromatic N) is 1. The Kier molecular flexibility index (Phi) is 3.25. The first kappa shape index (κ1) is 12.2. The molecule has 0 fully saturated rings. The van der Waals surface area contributed by atoms with Gasteiger partial charge in [-0.2, -0.15) is 0 Å². The Balaban J connectivity index is 2.71. The molecule has 1 N–H and O–H groups in total. The van der Waals surface area contributed by atoms with Crippen LogP contribution in [0.1, 0.15) is 44.1 Å². The van der Waals surface area contributed by atoms with Crippen molar-refractivity contribution < 1.29 is 0 Å². The van der Waals surface area contributed by atoms with E-state index in [1.807, 2.05) is 7.05 Å². The average Bonchev–Trinajstić information content (AvgIpc) is 2.63. The van der Waals surface area contributed by atoms with E-state index in [9.17, 15) is 0 Å². The lowest BCUT2D eigenvalue weighted by Crippen LogP contribution is -2.12. The number of hydrogen-bond donors (Lipinski definition) is 1. The molecule has 2 nitrogen and oxygen atoms in total. The Labute approximate surface area is 104 Å². The standard InChI is InChI=1S/C15H22N2/c1-10(2)17-11(3)9-14-13(12(4)16-5)7-6-8-15(14)17/h6-10,12,16H,1-5H3. The Morgan fingerprint density at radius 2 is 1.88 bits per heavy atom. The molecule has 0 amide bonds. The van der Waals surface area contributed by atoms with Crippen molar-refractivity contribution in [2.75, 3.05) is 7.05 Å². The summed E-state index contributed by atoms with van der Waals surface area (Å²) < 4.78 is 2.40. The van der Waals surface area contributed by atoms with Crippen LogP contribution in [0.2, 0.25) is 0 Å². The Hall–Kier alpha value is -1.28. The lowest BCUT2D eigenvalue weighted by Gasteiger charge is -2.14. The maximum Gasteiger partial charge on any atom is 0.0488 e. The SMILES string of the molecule is CNC(C)c1cccc2c1cc(C)n2C(C)C. The molecule has 1 unspecified atom stereocenters. The second kappa shape index (κ2) is 4.53. The molecule has 0 radical (unpaired) electrons. The maximum absolute atomic E-state index is 3.32. The average molecular weight is 230 g/mol. The van der Waals surface area contributed by atoms with Crippen LogP contribution in [-0.4, -0.2) is 11.6 Å². The molecule has 1 aromatic heterocycles. The van der Waals surface area contributed by atoms with Gasteiger partial charge in [-0.3, -0.25) is 0 Å². The summed E-state index contributed by atoms with van der Waals surface area (Å²) in [6.45, 7) is 8.87. The van der Waals surface area contributed by atoms with Crippen LogP contribution in [0.25, 0.3) is 10.9 Å². The van der Waals surface area contributed by atoms with Crippen molar-refractivity contribution in [1.82, 2.24) is 9.88 Å². The lowest BCUT2D eigenvalue weighted by molar-refractivity contribution is 0.607. The quantitative estimate of drug-likeness (QED) is 0.848. The number of hydrogen-bond acceptors (Lipinski definition) is 1. The highest BCUT2D eigenvalue weighted by Crippen LogP contribution is 2.29. The van der Waals surface area contributed by atoms with E-state index < -0.39 is 0 Å². The molecule has 0 aliphatic heterocycles. The number of nitrogens with one attached hydrogen (secondary N) is 1. The van der Waals surface area contributed by atoms with Crippen molar-refractivity contribution >= 4 is 10.9 Å². The fraction of sp³-hybridized carbons (Fsp3) is 0.467. The van der Waals surface area contributed by atoms with Gasteiger partial charge in [0.25, 0.3) is 0 Å². The van der Waals surface area contributed by atoms with Crippen LogP contribution >= 0.6 is 0 Å². The fourth-order valence-electron chi connectivity index (χ4n) is 2.62.